The average Bonchev–Trinajstić information content (AvgIpc) is 2.94. The molecule has 3 N–H and O–H groups in total. The molecular formula is C12H10FN3O3S. The van der Waals surface area contributed by atoms with Crippen LogP contribution in [0, 0.1) is 17.7 Å². The van der Waals surface area contributed by atoms with E-state index in [4.69, 9.17) is 5.11 Å². The minimum atomic E-state index is -3.91. The second-order valence-electron chi connectivity index (χ2n) is 3.68. The molecule has 6 nitrogen and oxygen atoms in total. The summed E-state index contributed by atoms with van der Waals surface area (Å²) in [6.07, 6.45) is 1.28. The molecule has 1 aromatic carbocycles. The van der Waals surface area contributed by atoms with E-state index in [1.54, 1.807) is 0 Å². The lowest BCUT2D eigenvalue weighted by atomic mass is 10.2. The molecule has 0 atom stereocenters. The standard InChI is InChI=1S/C12H10FN3O3S/c13-10-8-9(2-1-7-17)3-4-11(10)16-20(18,19)12-5-6-14-15-12/h3-6,8,16-17H,7H2,(H,14,15). The van der Waals surface area contributed by atoms with Crippen LogP contribution < -0.4 is 4.72 Å². The van der Waals surface area contributed by atoms with E-state index in [9.17, 15) is 12.8 Å². The maximum absolute atomic E-state index is 13.8. The minimum absolute atomic E-state index is 0.166. The summed E-state index contributed by atoms with van der Waals surface area (Å²) in [6, 6.07) is 5.02. The molecule has 0 aliphatic rings. The van der Waals surface area contributed by atoms with Crippen molar-refractivity contribution in [2.75, 3.05) is 11.3 Å². The second-order valence-corrected chi connectivity index (χ2v) is 5.33. The van der Waals surface area contributed by atoms with Crippen molar-refractivity contribution < 1.29 is 17.9 Å². The van der Waals surface area contributed by atoms with Gasteiger partial charge in [-0.05, 0) is 24.3 Å². The summed E-state index contributed by atoms with van der Waals surface area (Å²) in [5.74, 6) is 4.12. The Balaban J connectivity index is 2.27. The molecule has 0 spiro atoms. The topological polar surface area (TPSA) is 95.1 Å². The van der Waals surface area contributed by atoms with Gasteiger partial charge in [-0.1, -0.05) is 11.8 Å². The van der Waals surface area contributed by atoms with Gasteiger partial charge >= 0.3 is 0 Å². The molecule has 0 aliphatic heterocycles. The molecule has 20 heavy (non-hydrogen) atoms. The zero-order chi connectivity index (χ0) is 14.6. The van der Waals surface area contributed by atoms with Gasteiger partial charge < -0.3 is 5.11 Å². The molecule has 8 heteroatoms. The van der Waals surface area contributed by atoms with E-state index >= 15 is 0 Å². The maximum Gasteiger partial charge on any atom is 0.278 e. The fourth-order valence-electron chi connectivity index (χ4n) is 1.41. The highest BCUT2D eigenvalue weighted by Crippen LogP contribution is 2.19. The number of nitrogens with one attached hydrogen (secondary N) is 2. The molecule has 0 saturated heterocycles. The maximum atomic E-state index is 13.8. The average molecular weight is 295 g/mol. The minimum Gasteiger partial charge on any atom is -0.384 e. The van der Waals surface area contributed by atoms with E-state index in [2.05, 4.69) is 26.8 Å². The van der Waals surface area contributed by atoms with Crippen LogP contribution in [0.5, 0.6) is 0 Å². The summed E-state index contributed by atoms with van der Waals surface area (Å²) in [5, 5.41) is 14.2. The number of rotatable bonds is 3. The number of aliphatic hydroxyl groups is 1. The Labute approximate surface area is 114 Å². The molecule has 1 aromatic heterocycles. The van der Waals surface area contributed by atoms with Crippen LogP contribution in [0.15, 0.2) is 35.5 Å². The molecule has 0 amide bonds. The Morgan fingerprint density at radius 1 is 1.40 bits per heavy atom. The lowest BCUT2D eigenvalue weighted by Crippen LogP contribution is -2.14. The summed E-state index contributed by atoms with van der Waals surface area (Å²) >= 11 is 0. The van der Waals surface area contributed by atoms with Crippen molar-refractivity contribution >= 4 is 15.7 Å². The lowest BCUT2D eigenvalue weighted by Gasteiger charge is -2.07. The number of aromatic nitrogens is 2. The molecule has 2 aromatic rings. The third-order valence-corrected chi connectivity index (χ3v) is 3.58. The predicted molar refractivity (Wildman–Crippen MR) is 69.8 cm³/mol. The first-order valence-corrected chi connectivity index (χ1v) is 6.93. The van der Waals surface area contributed by atoms with Crippen molar-refractivity contribution in [3.05, 3.63) is 41.8 Å². The van der Waals surface area contributed by atoms with Crippen LogP contribution in [0.25, 0.3) is 0 Å². The van der Waals surface area contributed by atoms with Gasteiger partial charge in [0.1, 0.15) is 12.4 Å². The normalized spacial score (nSPS) is 10.7. The Hall–Kier alpha value is -2.37. The Kier molecular flexibility index (Phi) is 4.02. The summed E-state index contributed by atoms with van der Waals surface area (Å²) in [7, 11) is -3.91. The van der Waals surface area contributed by atoms with Crippen LogP contribution >= 0.6 is 0 Å². The van der Waals surface area contributed by atoms with Gasteiger partial charge in [0, 0.05) is 5.56 Å². The van der Waals surface area contributed by atoms with Crippen LogP contribution in [0.3, 0.4) is 0 Å². The fourth-order valence-corrected chi connectivity index (χ4v) is 2.39. The molecule has 0 saturated carbocycles. The Morgan fingerprint density at radius 3 is 2.80 bits per heavy atom. The molecule has 2 rings (SSSR count). The molecular weight excluding hydrogens is 285 g/mol. The summed E-state index contributed by atoms with van der Waals surface area (Å²) in [4.78, 5) is 0. The van der Waals surface area contributed by atoms with Crippen molar-refractivity contribution in [1.29, 1.82) is 0 Å². The second kappa shape index (κ2) is 5.73. The summed E-state index contributed by atoms with van der Waals surface area (Å²) in [5.41, 5.74) is 0.134. The van der Waals surface area contributed by atoms with Gasteiger partial charge in [-0.2, -0.15) is 13.5 Å². The van der Waals surface area contributed by atoms with Gasteiger partial charge in [-0.15, -0.1) is 0 Å². The number of hydrogen-bond acceptors (Lipinski definition) is 4. The largest absolute Gasteiger partial charge is 0.384 e. The number of aromatic amines is 1. The van der Waals surface area contributed by atoms with Gasteiger partial charge in [0.15, 0.2) is 5.03 Å². The van der Waals surface area contributed by atoms with Crippen molar-refractivity contribution in [2.45, 2.75) is 5.03 Å². The monoisotopic (exact) mass is 295 g/mol. The van der Waals surface area contributed by atoms with Crippen molar-refractivity contribution in [3.8, 4) is 11.8 Å². The van der Waals surface area contributed by atoms with Crippen molar-refractivity contribution in [3.63, 3.8) is 0 Å². The van der Waals surface area contributed by atoms with E-state index in [1.807, 2.05) is 0 Å². The van der Waals surface area contributed by atoms with Gasteiger partial charge in [0.05, 0.1) is 11.9 Å². The first-order valence-electron chi connectivity index (χ1n) is 5.44. The third kappa shape index (κ3) is 3.14. The molecule has 0 radical (unpaired) electrons. The molecule has 0 aliphatic carbocycles. The van der Waals surface area contributed by atoms with Crippen LogP contribution in [0.4, 0.5) is 10.1 Å². The fraction of sp³-hybridized carbons (Fsp3) is 0.0833. The Bertz CT molecular complexity index is 761. The van der Waals surface area contributed by atoms with Crippen molar-refractivity contribution in [2.24, 2.45) is 0 Å². The highest BCUT2D eigenvalue weighted by atomic mass is 32.2. The number of H-pyrrole nitrogens is 1. The first-order chi connectivity index (χ1) is 9.53. The SMILES string of the molecule is O=S(=O)(Nc1ccc(C#CCO)cc1F)c1ccn[nH]1. The quantitative estimate of drug-likeness (QED) is 0.726. The molecule has 0 bridgehead atoms. The zero-order valence-electron chi connectivity index (χ0n) is 10.1. The number of benzene rings is 1. The van der Waals surface area contributed by atoms with E-state index in [1.165, 1.54) is 24.4 Å². The number of aliphatic hydroxyl groups excluding tert-OH is 1. The van der Waals surface area contributed by atoms with Crippen LogP contribution in [-0.4, -0.2) is 30.3 Å². The van der Waals surface area contributed by atoms with E-state index in [-0.39, 0.29) is 17.3 Å². The lowest BCUT2D eigenvalue weighted by molar-refractivity contribution is 0.350. The first kappa shape index (κ1) is 14.0. The van der Waals surface area contributed by atoms with Crippen LogP contribution in [0.2, 0.25) is 0 Å². The number of anilines is 1. The highest BCUT2D eigenvalue weighted by molar-refractivity contribution is 7.92. The number of nitrogens with zero attached hydrogens (tertiary/aromatic N) is 1. The zero-order valence-corrected chi connectivity index (χ0v) is 10.9. The highest BCUT2D eigenvalue weighted by Gasteiger charge is 2.17. The number of sulfonamides is 1. The van der Waals surface area contributed by atoms with Crippen molar-refractivity contribution in [1.82, 2.24) is 10.2 Å². The van der Waals surface area contributed by atoms with Gasteiger partial charge in [0.2, 0.25) is 0 Å². The molecule has 1 heterocycles. The van der Waals surface area contributed by atoms with Gasteiger partial charge in [0.25, 0.3) is 10.0 Å². The van der Waals surface area contributed by atoms with Crippen LogP contribution in [-0.2, 0) is 10.0 Å². The van der Waals surface area contributed by atoms with E-state index in [0.29, 0.717) is 5.56 Å². The Morgan fingerprint density at radius 2 is 2.20 bits per heavy atom. The smallest absolute Gasteiger partial charge is 0.278 e. The summed E-state index contributed by atoms with van der Waals surface area (Å²) < 4.78 is 39.6. The van der Waals surface area contributed by atoms with Crippen LogP contribution in [0.1, 0.15) is 5.56 Å². The predicted octanol–water partition coefficient (Wildman–Crippen LogP) is 0.693. The molecule has 0 unspecified atom stereocenters. The van der Waals surface area contributed by atoms with Gasteiger partial charge in [-0.25, -0.2) is 4.39 Å². The van der Waals surface area contributed by atoms with Gasteiger partial charge in [-0.3, -0.25) is 9.82 Å². The van der Waals surface area contributed by atoms with E-state index in [0.717, 1.165) is 6.07 Å². The molecule has 104 valence electrons. The van der Waals surface area contributed by atoms with E-state index < -0.39 is 15.8 Å². The number of halogens is 1. The summed E-state index contributed by atoms with van der Waals surface area (Å²) in [6.45, 7) is -0.337. The number of hydrogen-bond donors (Lipinski definition) is 3. The molecule has 0 fully saturated rings. The third-order valence-electron chi connectivity index (χ3n) is 2.29.